The van der Waals surface area contributed by atoms with E-state index >= 15 is 0 Å². The van der Waals surface area contributed by atoms with E-state index in [2.05, 4.69) is 29.6 Å². The Morgan fingerprint density at radius 2 is 2.29 bits per heavy atom. The van der Waals surface area contributed by atoms with Gasteiger partial charge in [-0.3, -0.25) is 4.79 Å². The highest BCUT2D eigenvalue weighted by molar-refractivity contribution is 7.17. The molecule has 1 heterocycles. The minimum Gasteiger partial charge on any atom is -0.466 e. The molecule has 0 bridgehead atoms. The third-order valence-corrected chi connectivity index (χ3v) is 4.27. The number of benzene rings is 1. The van der Waals surface area contributed by atoms with Crippen LogP contribution in [-0.2, 0) is 9.53 Å². The van der Waals surface area contributed by atoms with Crippen LogP contribution >= 0.6 is 11.3 Å². The van der Waals surface area contributed by atoms with E-state index < -0.39 is 0 Å². The van der Waals surface area contributed by atoms with Crippen LogP contribution in [0.1, 0.15) is 24.8 Å². The first-order valence-corrected chi connectivity index (χ1v) is 6.82. The number of carbonyl (C=O) groups is 1. The van der Waals surface area contributed by atoms with Crippen molar-refractivity contribution < 1.29 is 9.53 Å². The zero-order valence-electron chi connectivity index (χ0n) is 9.68. The van der Waals surface area contributed by atoms with Gasteiger partial charge < -0.3 is 4.74 Å². The Morgan fingerprint density at radius 1 is 1.47 bits per heavy atom. The van der Waals surface area contributed by atoms with Gasteiger partial charge in [-0.25, -0.2) is 0 Å². The Kier molecular flexibility index (Phi) is 2.63. The van der Waals surface area contributed by atoms with Gasteiger partial charge in [0.25, 0.3) is 0 Å². The van der Waals surface area contributed by atoms with Crippen LogP contribution in [0.3, 0.4) is 0 Å². The fraction of sp³-hybridized carbons (Fsp3) is 0.357. The molecule has 3 rings (SSSR count). The highest BCUT2D eigenvalue weighted by Gasteiger charge is 2.46. The predicted octanol–water partition coefficient (Wildman–Crippen LogP) is 3.57. The topological polar surface area (TPSA) is 26.3 Å². The Labute approximate surface area is 104 Å². The molecule has 0 aliphatic heterocycles. The van der Waals surface area contributed by atoms with E-state index in [1.165, 1.54) is 15.6 Å². The van der Waals surface area contributed by atoms with E-state index in [1.807, 2.05) is 6.92 Å². The Bertz CT molecular complexity index is 558. The smallest absolute Gasteiger partial charge is 0.309 e. The van der Waals surface area contributed by atoms with Crippen molar-refractivity contribution in [1.82, 2.24) is 0 Å². The lowest BCUT2D eigenvalue weighted by molar-refractivity contribution is -0.144. The van der Waals surface area contributed by atoms with Crippen molar-refractivity contribution in [3.63, 3.8) is 0 Å². The molecule has 0 unspecified atom stereocenters. The van der Waals surface area contributed by atoms with Gasteiger partial charge in [-0.1, -0.05) is 18.2 Å². The second kappa shape index (κ2) is 4.15. The van der Waals surface area contributed by atoms with Crippen LogP contribution in [0.5, 0.6) is 0 Å². The van der Waals surface area contributed by atoms with Gasteiger partial charge in [-0.15, -0.1) is 11.3 Å². The average Bonchev–Trinajstić information content (AvgIpc) is 3.02. The minimum absolute atomic E-state index is 0.0345. The molecule has 2 nitrogen and oxygen atoms in total. The SMILES string of the molecule is CCOC(=O)[C@H]1C[C@@H]1c1csc2ccccc12. The van der Waals surface area contributed by atoms with E-state index in [1.54, 1.807) is 11.3 Å². The summed E-state index contributed by atoms with van der Waals surface area (Å²) in [6.07, 6.45) is 0.944. The van der Waals surface area contributed by atoms with Crippen molar-refractivity contribution >= 4 is 27.4 Å². The lowest BCUT2D eigenvalue weighted by Crippen LogP contribution is -2.07. The van der Waals surface area contributed by atoms with Gasteiger partial charge in [-0.2, -0.15) is 0 Å². The number of hydrogen-bond donors (Lipinski definition) is 0. The van der Waals surface area contributed by atoms with Gasteiger partial charge in [0, 0.05) is 4.70 Å². The normalized spacial score (nSPS) is 22.6. The molecular weight excluding hydrogens is 232 g/mol. The second-order valence-corrected chi connectivity index (χ2v) is 5.30. The molecule has 88 valence electrons. The van der Waals surface area contributed by atoms with Crippen molar-refractivity contribution in [2.24, 2.45) is 5.92 Å². The fourth-order valence-electron chi connectivity index (χ4n) is 2.33. The summed E-state index contributed by atoms with van der Waals surface area (Å²) < 4.78 is 6.37. The minimum atomic E-state index is -0.0345. The van der Waals surface area contributed by atoms with Crippen LogP contribution in [0.4, 0.5) is 0 Å². The Hall–Kier alpha value is -1.35. The van der Waals surface area contributed by atoms with Gasteiger partial charge in [0.2, 0.25) is 0 Å². The van der Waals surface area contributed by atoms with E-state index in [-0.39, 0.29) is 11.9 Å². The third kappa shape index (κ3) is 1.84. The molecule has 1 aliphatic rings. The lowest BCUT2D eigenvalue weighted by atomic mass is 10.1. The van der Waals surface area contributed by atoms with Gasteiger partial charge in [0.05, 0.1) is 12.5 Å². The molecule has 1 aliphatic carbocycles. The zero-order valence-corrected chi connectivity index (χ0v) is 10.5. The average molecular weight is 246 g/mol. The summed E-state index contributed by atoms with van der Waals surface area (Å²) in [6.45, 7) is 2.34. The maximum absolute atomic E-state index is 11.6. The van der Waals surface area contributed by atoms with Crippen molar-refractivity contribution in [2.75, 3.05) is 6.61 Å². The molecule has 1 fully saturated rings. The molecule has 1 aromatic carbocycles. The second-order valence-electron chi connectivity index (χ2n) is 4.39. The first-order chi connectivity index (χ1) is 8.31. The molecule has 0 amide bonds. The maximum atomic E-state index is 11.6. The molecule has 2 aromatic rings. The van der Waals surface area contributed by atoms with E-state index in [0.717, 1.165) is 6.42 Å². The van der Waals surface area contributed by atoms with Crippen LogP contribution in [0.15, 0.2) is 29.6 Å². The number of esters is 1. The van der Waals surface area contributed by atoms with Crippen molar-refractivity contribution in [1.29, 1.82) is 0 Å². The van der Waals surface area contributed by atoms with Gasteiger partial charge in [0.15, 0.2) is 0 Å². The Balaban J connectivity index is 1.85. The lowest BCUT2D eigenvalue weighted by Gasteiger charge is -2.00. The van der Waals surface area contributed by atoms with Gasteiger partial charge in [-0.05, 0) is 41.7 Å². The predicted molar refractivity (Wildman–Crippen MR) is 69.3 cm³/mol. The summed E-state index contributed by atoms with van der Waals surface area (Å²) in [5.41, 5.74) is 1.32. The van der Waals surface area contributed by atoms with E-state index in [9.17, 15) is 4.79 Å². The van der Waals surface area contributed by atoms with Crippen molar-refractivity contribution in [3.05, 3.63) is 35.2 Å². The van der Waals surface area contributed by atoms with Crippen LogP contribution < -0.4 is 0 Å². The number of fused-ring (bicyclic) bond motifs is 1. The van der Waals surface area contributed by atoms with E-state index in [0.29, 0.717) is 12.5 Å². The van der Waals surface area contributed by atoms with Crippen LogP contribution in [0.25, 0.3) is 10.1 Å². The van der Waals surface area contributed by atoms with Gasteiger partial charge >= 0.3 is 5.97 Å². The summed E-state index contributed by atoms with van der Waals surface area (Å²) in [6, 6.07) is 8.38. The number of hydrogen-bond acceptors (Lipinski definition) is 3. The van der Waals surface area contributed by atoms with E-state index in [4.69, 9.17) is 4.74 Å². The number of thiophene rings is 1. The van der Waals surface area contributed by atoms with Crippen LogP contribution in [0, 0.1) is 5.92 Å². The monoisotopic (exact) mass is 246 g/mol. The van der Waals surface area contributed by atoms with Gasteiger partial charge in [0.1, 0.15) is 0 Å². The molecule has 1 aromatic heterocycles. The summed E-state index contributed by atoms with van der Waals surface area (Å²) in [5, 5.41) is 3.49. The largest absolute Gasteiger partial charge is 0.466 e. The third-order valence-electron chi connectivity index (χ3n) is 3.29. The summed E-state index contributed by atoms with van der Waals surface area (Å²) in [7, 11) is 0. The maximum Gasteiger partial charge on any atom is 0.309 e. The molecule has 0 spiro atoms. The molecule has 1 saturated carbocycles. The molecule has 2 atom stereocenters. The summed E-state index contributed by atoms with van der Waals surface area (Å²) in [5.74, 6) is 0.436. The zero-order chi connectivity index (χ0) is 11.8. The fourth-order valence-corrected chi connectivity index (χ4v) is 3.36. The quantitative estimate of drug-likeness (QED) is 0.774. The standard InChI is InChI=1S/C14H14O2S/c1-2-16-14(15)11-7-10(11)12-8-17-13-6-4-3-5-9(12)13/h3-6,8,10-11H,2,7H2,1H3/t10-,11-/m0/s1. The number of ether oxygens (including phenoxy) is 1. The number of carbonyl (C=O) groups excluding carboxylic acids is 1. The van der Waals surface area contributed by atoms with Crippen molar-refractivity contribution in [2.45, 2.75) is 19.3 Å². The summed E-state index contributed by atoms with van der Waals surface area (Å²) in [4.78, 5) is 11.6. The molecule has 0 radical (unpaired) electrons. The molecule has 17 heavy (non-hydrogen) atoms. The van der Waals surface area contributed by atoms with Crippen LogP contribution in [-0.4, -0.2) is 12.6 Å². The highest BCUT2D eigenvalue weighted by atomic mass is 32.1. The highest BCUT2D eigenvalue weighted by Crippen LogP contribution is 2.51. The number of rotatable bonds is 3. The molecule has 3 heteroatoms. The first-order valence-electron chi connectivity index (χ1n) is 5.94. The molecule has 0 saturated heterocycles. The summed E-state index contributed by atoms with van der Waals surface area (Å²) >= 11 is 1.76. The first kappa shape index (κ1) is 10.8. The van der Waals surface area contributed by atoms with Crippen molar-refractivity contribution in [3.8, 4) is 0 Å². The molecular formula is C14H14O2S. The molecule has 0 N–H and O–H groups in total. The van der Waals surface area contributed by atoms with Crippen LogP contribution in [0.2, 0.25) is 0 Å². The Morgan fingerprint density at radius 3 is 3.12 bits per heavy atom.